The molecule has 0 amide bonds. The van der Waals surface area contributed by atoms with Crippen molar-refractivity contribution in [2.75, 3.05) is 20.1 Å². The van der Waals surface area contributed by atoms with Gasteiger partial charge in [-0.3, -0.25) is 4.98 Å². The van der Waals surface area contributed by atoms with E-state index in [0.717, 1.165) is 19.5 Å². The summed E-state index contributed by atoms with van der Waals surface area (Å²) in [5, 5.41) is 1.52. The zero-order chi connectivity index (χ0) is 17.0. The summed E-state index contributed by atoms with van der Waals surface area (Å²) in [5.41, 5.74) is 9.07. The molecule has 1 unspecified atom stereocenters. The highest BCUT2D eigenvalue weighted by molar-refractivity contribution is 5.90. The number of aryl methyl sites for hydroxylation is 1. The smallest absolute Gasteiger partial charge is 0.0518 e. The number of aromatic nitrogens is 2. The van der Waals surface area contributed by atoms with E-state index in [0.29, 0.717) is 5.92 Å². The van der Waals surface area contributed by atoms with E-state index in [1.54, 1.807) is 11.3 Å². The molecule has 1 aromatic carbocycles. The SMILES string of the molecule is Cc1cc2c3c(c1)c1c(n3CC(c3ccncc3)C2)CCN(C)CC1. The van der Waals surface area contributed by atoms with Crippen LogP contribution in [-0.2, 0) is 25.8 Å². The zero-order valence-electron chi connectivity index (χ0n) is 15.1. The predicted molar refractivity (Wildman–Crippen MR) is 102 cm³/mol. The lowest BCUT2D eigenvalue weighted by atomic mass is 9.88. The fourth-order valence-corrected chi connectivity index (χ4v) is 4.90. The zero-order valence-corrected chi connectivity index (χ0v) is 15.1. The first-order valence-corrected chi connectivity index (χ1v) is 9.42. The Kier molecular flexibility index (Phi) is 3.46. The average Bonchev–Trinajstić information content (AvgIpc) is 2.78. The molecule has 3 heteroatoms. The van der Waals surface area contributed by atoms with E-state index >= 15 is 0 Å². The van der Waals surface area contributed by atoms with Crippen molar-refractivity contribution < 1.29 is 0 Å². The van der Waals surface area contributed by atoms with Crippen LogP contribution in [0, 0.1) is 6.92 Å². The molecule has 0 saturated heterocycles. The first-order chi connectivity index (χ1) is 12.2. The topological polar surface area (TPSA) is 21.1 Å². The summed E-state index contributed by atoms with van der Waals surface area (Å²) < 4.78 is 2.66. The second-order valence-electron chi connectivity index (χ2n) is 7.84. The molecule has 0 aliphatic carbocycles. The van der Waals surface area contributed by atoms with Gasteiger partial charge in [-0.25, -0.2) is 0 Å². The minimum atomic E-state index is 0.554. The minimum absolute atomic E-state index is 0.554. The third-order valence-corrected chi connectivity index (χ3v) is 6.12. The lowest BCUT2D eigenvalue weighted by Crippen LogP contribution is -2.23. The van der Waals surface area contributed by atoms with Gasteiger partial charge in [0.15, 0.2) is 0 Å². The Morgan fingerprint density at radius 3 is 2.72 bits per heavy atom. The molecule has 2 aliphatic heterocycles. The van der Waals surface area contributed by atoms with E-state index in [9.17, 15) is 0 Å². The summed E-state index contributed by atoms with van der Waals surface area (Å²) in [4.78, 5) is 6.68. The Morgan fingerprint density at radius 1 is 1.08 bits per heavy atom. The van der Waals surface area contributed by atoms with Gasteiger partial charge in [-0.2, -0.15) is 0 Å². The van der Waals surface area contributed by atoms with E-state index in [1.807, 2.05) is 12.4 Å². The van der Waals surface area contributed by atoms with Crippen molar-refractivity contribution in [3.05, 3.63) is 64.6 Å². The van der Waals surface area contributed by atoms with Gasteiger partial charge in [0.2, 0.25) is 0 Å². The summed E-state index contributed by atoms with van der Waals surface area (Å²) in [6.45, 7) is 5.69. The molecular weight excluding hydrogens is 306 g/mol. The van der Waals surface area contributed by atoms with Crippen LogP contribution in [0.1, 0.15) is 33.9 Å². The normalized spacial score (nSPS) is 20.5. The van der Waals surface area contributed by atoms with Crippen LogP contribution in [0.25, 0.3) is 10.9 Å². The van der Waals surface area contributed by atoms with Gasteiger partial charge in [0.05, 0.1) is 5.52 Å². The van der Waals surface area contributed by atoms with Crippen LogP contribution < -0.4 is 0 Å². The van der Waals surface area contributed by atoms with Gasteiger partial charge in [0.1, 0.15) is 0 Å². The van der Waals surface area contributed by atoms with Gasteiger partial charge in [-0.05, 0) is 61.7 Å². The van der Waals surface area contributed by atoms with Crippen molar-refractivity contribution in [2.24, 2.45) is 0 Å². The molecule has 2 aliphatic rings. The highest BCUT2D eigenvalue weighted by atomic mass is 15.1. The van der Waals surface area contributed by atoms with Crippen LogP contribution in [0.15, 0.2) is 36.7 Å². The number of hydrogen-bond donors (Lipinski definition) is 0. The van der Waals surface area contributed by atoms with Crippen molar-refractivity contribution in [1.82, 2.24) is 14.5 Å². The molecule has 0 fully saturated rings. The summed E-state index contributed by atoms with van der Waals surface area (Å²) in [6.07, 6.45) is 7.36. The Hall–Kier alpha value is -2.13. The van der Waals surface area contributed by atoms with Crippen LogP contribution in [0.5, 0.6) is 0 Å². The van der Waals surface area contributed by atoms with Crippen LogP contribution >= 0.6 is 0 Å². The summed E-state index contributed by atoms with van der Waals surface area (Å²) in [7, 11) is 2.25. The van der Waals surface area contributed by atoms with E-state index in [1.165, 1.54) is 47.0 Å². The lowest BCUT2D eigenvalue weighted by molar-refractivity contribution is 0.350. The maximum absolute atomic E-state index is 4.21. The Bertz CT molecular complexity index is 939. The monoisotopic (exact) mass is 331 g/mol. The highest BCUT2D eigenvalue weighted by Crippen LogP contribution is 2.39. The van der Waals surface area contributed by atoms with Crippen molar-refractivity contribution in [2.45, 2.75) is 38.6 Å². The summed E-state index contributed by atoms with van der Waals surface area (Å²) in [6, 6.07) is 9.22. The van der Waals surface area contributed by atoms with E-state index < -0.39 is 0 Å². The maximum atomic E-state index is 4.21. The molecule has 0 spiro atoms. The molecule has 0 radical (unpaired) electrons. The molecule has 25 heavy (non-hydrogen) atoms. The van der Waals surface area contributed by atoms with Crippen LogP contribution in [0.3, 0.4) is 0 Å². The highest BCUT2D eigenvalue weighted by Gasteiger charge is 2.28. The van der Waals surface area contributed by atoms with Crippen molar-refractivity contribution in [3.63, 3.8) is 0 Å². The molecule has 4 heterocycles. The predicted octanol–water partition coefficient (Wildman–Crippen LogP) is 3.72. The van der Waals surface area contributed by atoms with Gasteiger partial charge < -0.3 is 9.47 Å². The standard InChI is InChI=1S/C22H25N3/c1-15-11-17-13-18(16-3-7-23-8-4-16)14-25-21-6-10-24(2)9-5-19(21)20(12-15)22(17)25/h3-4,7-8,11-12,18H,5-6,9-10,13-14H2,1-2H3. The number of benzene rings is 1. The molecule has 3 aromatic rings. The number of hydrogen-bond acceptors (Lipinski definition) is 2. The van der Waals surface area contributed by atoms with Crippen LogP contribution in [0.4, 0.5) is 0 Å². The molecular formula is C22H25N3. The molecule has 128 valence electrons. The summed E-state index contributed by atoms with van der Waals surface area (Å²) in [5.74, 6) is 0.554. The maximum Gasteiger partial charge on any atom is 0.0518 e. The van der Waals surface area contributed by atoms with E-state index in [4.69, 9.17) is 0 Å². The minimum Gasteiger partial charge on any atom is -0.343 e. The number of nitrogens with zero attached hydrogens (tertiary/aromatic N) is 3. The molecule has 1 atom stereocenters. The number of pyridine rings is 1. The third-order valence-electron chi connectivity index (χ3n) is 6.12. The fourth-order valence-electron chi connectivity index (χ4n) is 4.90. The fraction of sp³-hybridized carbons (Fsp3) is 0.409. The van der Waals surface area contributed by atoms with Crippen LogP contribution in [-0.4, -0.2) is 34.6 Å². The van der Waals surface area contributed by atoms with Gasteiger partial charge in [0.25, 0.3) is 0 Å². The van der Waals surface area contributed by atoms with Crippen LogP contribution in [0.2, 0.25) is 0 Å². The molecule has 0 bridgehead atoms. The Morgan fingerprint density at radius 2 is 1.88 bits per heavy atom. The number of fused-ring (bicyclic) bond motifs is 3. The first-order valence-electron chi connectivity index (χ1n) is 9.42. The second-order valence-corrected chi connectivity index (χ2v) is 7.84. The van der Waals surface area contributed by atoms with Crippen molar-refractivity contribution >= 4 is 10.9 Å². The molecule has 0 saturated carbocycles. The largest absolute Gasteiger partial charge is 0.343 e. The van der Waals surface area contributed by atoms with E-state index in [-0.39, 0.29) is 0 Å². The summed E-state index contributed by atoms with van der Waals surface area (Å²) >= 11 is 0. The van der Waals surface area contributed by atoms with Gasteiger partial charge in [-0.15, -0.1) is 0 Å². The van der Waals surface area contributed by atoms with E-state index in [2.05, 4.69) is 52.7 Å². The number of rotatable bonds is 1. The third kappa shape index (κ3) is 2.41. The average molecular weight is 331 g/mol. The Balaban J connectivity index is 1.70. The molecule has 3 nitrogen and oxygen atoms in total. The van der Waals surface area contributed by atoms with Gasteiger partial charge in [-0.1, -0.05) is 11.6 Å². The number of likely N-dealkylation sites (N-methyl/N-ethyl adjacent to an activating group) is 1. The van der Waals surface area contributed by atoms with Crippen molar-refractivity contribution in [3.8, 4) is 0 Å². The Labute approximate surface area is 149 Å². The van der Waals surface area contributed by atoms with Gasteiger partial charge >= 0.3 is 0 Å². The lowest BCUT2D eigenvalue weighted by Gasteiger charge is -2.27. The molecule has 0 N–H and O–H groups in total. The van der Waals surface area contributed by atoms with Crippen molar-refractivity contribution in [1.29, 1.82) is 0 Å². The quantitative estimate of drug-likeness (QED) is 0.678. The van der Waals surface area contributed by atoms with Gasteiger partial charge in [0, 0.05) is 55.4 Å². The first kappa shape index (κ1) is 15.2. The molecule has 2 aromatic heterocycles. The molecule has 5 rings (SSSR count). The second kappa shape index (κ2) is 5.70.